The quantitative estimate of drug-likeness (QED) is 0.913. The van der Waals surface area contributed by atoms with Crippen LogP contribution >= 0.6 is 0 Å². The highest BCUT2D eigenvalue weighted by atomic mass is 16.4. The Bertz CT molecular complexity index is 503. The van der Waals surface area contributed by atoms with Gasteiger partial charge in [-0.15, -0.1) is 0 Å². The maximum Gasteiger partial charge on any atom is 0.329 e. The van der Waals surface area contributed by atoms with E-state index >= 15 is 0 Å². The van der Waals surface area contributed by atoms with Crippen molar-refractivity contribution in [2.75, 3.05) is 7.05 Å². The standard InChI is InChI=1S/C14H20N2O4/c1-3-10-11(15-9-20-10)12(17)16(2)14(13(18)19)7-5-4-6-8-14/h9H,3-8H2,1-2H3,(H,18,19). The lowest BCUT2D eigenvalue weighted by atomic mass is 9.80. The van der Waals surface area contributed by atoms with E-state index in [1.54, 1.807) is 7.05 Å². The molecule has 6 nitrogen and oxygen atoms in total. The van der Waals surface area contributed by atoms with E-state index < -0.39 is 11.5 Å². The largest absolute Gasteiger partial charge is 0.479 e. The summed E-state index contributed by atoms with van der Waals surface area (Å²) in [6.45, 7) is 1.87. The number of carboxylic acid groups (broad SMARTS) is 1. The fraction of sp³-hybridized carbons (Fsp3) is 0.643. The molecule has 0 unspecified atom stereocenters. The molecule has 0 radical (unpaired) electrons. The molecule has 1 heterocycles. The Kier molecular flexibility index (Phi) is 4.11. The van der Waals surface area contributed by atoms with Crippen molar-refractivity contribution in [3.05, 3.63) is 17.8 Å². The van der Waals surface area contributed by atoms with Crippen molar-refractivity contribution in [3.63, 3.8) is 0 Å². The molecule has 1 aliphatic carbocycles. The summed E-state index contributed by atoms with van der Waals surface area (Å²) >= 11 is 0. The van der Waals surface area contributed by atoms with Crippen LogP contribution in [0.3, 0.4) is 0 Å². The highest BCUT2D eigenvalue weighted by Gasteiger charge is 2.46. The first-order chi connectivity index (χ1) is 9.53. The van der Waals surface area contributed by atoms with Gasteiger partial charge >= 0.3 is 5.97 Å². The van der Waals surface area contributed by atoms with Crippen LogP contribution < -0.4 is 0 Å². The Morgan fingerprint density at radius 1 is 1.40 bits per heavy atom. The molecule has 20 heavy (non-hydrogen) atoms. The zero-order chi connectivity index (χ0) is 14.8. The number of likely N-dealkylation sites (N-methyl/N-ethyl adjacent to an activating group) is 1. The molecule has 0 saturated heterocycles. The van der Waals surface area contributed by atoms with Crippen molar-refractivity contribution in [2.24, 2.45) is 0 Å². The van der Waals surface area contributed by atoms with Crippen molar-refractivity contribution in [1.82, 2.24) is 9.88 Å². The molecule has 0 spiro atoms. The summed E-state index contributed by atoms with van der Waals surface area (Å²) in [6.07, 6.45) is 5.42. The van der Waals surface area contributed by atoms with Crippen molar-refractivity contribution >= 4 is 11.9 Å². The first-order valence-electron chi connectivity index (χ1n) is 6.97. The summed E-state index contributed by atoms with van der Waals surface area (Å²) in [4.78, 5) is 29.5. The number of carbonyl (C=O) groups excluding carboxylic acids is 1. The number of aliphatic carboxylic acids is 1. The maximum atomic E-state index is 12.5. The van der Waals surface area contributed by atoms with Crippen LogP contribution in [0.25, 0.3) is 0 Å². The monoisotopic (exact) mass is 280 g/mol. The van der Waals surface area contributed by atoms with Gasteiger partial charge in [-0.2, -0.15) is 0 Å². The highest BCUT2D eigenvalue weighted by molar-refractivity contribution is 5.97. The van der Waals surface area contributed by atoms with Crippen molar-refractivity contribution < 1.29 is 19.1 Å². The second kappa shape index (κ2) is 5.64. The number of rotatable bonds is 4. The maximum absolute atomic E-state index is 12.5. The van der Waals surface area contributed by atoms with Gasteiger partial charge in [0, 0.05) is 13.5 Å². The number of carboxylic acids is 1. The van der Waals surface area contributed by atoms with Gasteiger partial charge in [0.2, 0.25) is 0 Å². The first-order valence-corrected chi connectivity index (χ1v) is 6.97. The number of aromatic nitrogens is 1. The van der Waals surface area contributed by atoms with Crippen LogP contribution in [0.2, 0.25) is 0 Å². The zero-order valence-corrected chi connectivity index (χ0v) is 11.9. The second-order valence-electron chi connectivity index (χ2n) is 5.24. The van der Waals surface area contributed by atoms with E-state index in [1.165, 1.54) is 11.3 Å². The number of hydrogen-bond acceptors (Lipinski definition) is 4. The molecule has 0 atom stereocenters. The summed E-state index contributed by atoms with van der Waals surface area (Å²) in [5.74, 6) is -0.812. The van der Waals surface area contributed by atoms with Crippen LogP contribution in [0.5, 0.6) is 0 Å². The first kappa shape index (κ1) is 14.6. The molecule has 0 aliphatic heterocycles. The van der Waals surface area contributed by atoms with E-state index in [-0.39, 0.29) is 11.6 Å². The Hall–Kier alpha value is -1.85. The van der Waals surface area contributed by atoms with E-state index in [9.17, 15) is 14.7 Å². The van der Waals surface area contributed by atoms with Crippen molar-refractivity contribution in [1.29, 1.82) is 0 Å². The van der Waals surface area contributed by atoms with Crippen LogP contribution in [0, 0.1) is 0 Å². The van der Waals surface area contributed by atoms with Crippen LogP contribution in [-0.2, 0) is 11.2 Å². The third-order valence-corrected chi connectivity index (χ3v) is 4.19. The van der Waals surface area contributed by atoms with Crippen molar-refractivity contribution in [3.8, 4) is 0 Å². The molecule has 1 N–H and O–H groups in total. The molecule has 110 valence electrons. The Balaban J connectivity index is 2.30. The normalized spacial score (nSPS) is 17.7. The molecule has 1 saturated carbocycles. The van der Waals surface area contributed by atoms with Gasteiger partial charge in [-0.1, -0.05) is 26.2 Å². The highest BCUT2D eigenvalue weighted by Crippen LogP contribution is 2.34. The van der Waals surface area contributed by atoms with E-state index in [2.05, 4.69) is 4.98 Å². The lowest BCUT2D eigenvalue weighted by Crippen LogP contribution is -2.56. The zero-order valence-electron chi connectivity index (χ0n) is 11.9. The number of aryl methyl sites for hydroxylation is 1. The fourth-order valence-electron chi connectivity index (χ4n) is 2.88. The van der Waals surface area contributed by atoms with Crippen LogP contribution in [-0.4, -0.2) is 39.5 Å². The van der Waals surface area contributed by atoms with Gasteiger partial charge in [0.1, 0.15) is 11.3 Å². The molecule has 1 fully saturated rings. The number of oxazole rings is 1. The lowest BCUT2D eigenvalue weighted by Gasteiger charge is -2.40. The fourth-order valence-corrected chi connectivity index (χ4v) is 2.88. The van der Waals surface area contributed by atoms with E-state index in [0.717, 1.165) is 19.3 Å². The van der Waals surface area contributed by atoms with Crippen LogP contribution in [0.15, 0.2) is 10.8 Å². The average Bonchev–Trinajstić information content (AvgIpc) is 2.94. The molecule has 1 aliphatic rings. The van der Waals surface area contributed by atoms with Gasteiger partial charge in [0.25, 0.3) is 5.91 Å². The summed E-state index contributed by atoms with van der Waals surface area (Å²) in [5.41, 5.74) is -0.888. The lowest BCUT2D eigenvalue weighted by molar-refractivity contribution is -0.151. The third-order valence-electron chi connectivity index (χ3n) is 4.19. The van der Waals surface area contributed by atoms with Gasteiger partial charge in [0.05, 0.1) is 0 Å². The van der Waals surface area contributed by atoms with Crippen LogP contribution in [0.4, 0.5) is 0 Å². The van der Waals surface area contributed by atoms with Gasteiger partial charge in [0.15, 0.2) is 12.1 Å². The minimum Gasteiger partial charge on any atom is -0.479 e. The average molecular weight is 280 g/mol. The Morgan fingerprint density at radius 2 is 2.05 bits per heavy atom. The van der Waals surface area contributed by atoms with E-state index in [0.29, 0.717) is 25.0 Å². The predicted octanol–water partition coefficient (Wildman–Crippen LogP) is 2.10. The molecule has 6 heteroatoms. The third kappa shape index (κ3) is 2.30. The molecule has 0 bridgehead atoms. The van der Waals surface area contributed by atoms with E-state index in [1.807, 2.05) is 6.92 Å². The van der Waals surface area contributed by atoms with Gasteiger partial charge in [-0.3, -0.25) is 4.79 Å². The molecular formula is C14H20N2O4. The molecule has 1 aromatic heterocycles. The van der Waals surface area contributed by atoms with Gasteiger partial charge in [-0.25, -0.2) is 9.78 Å². The SMILES string of the molecule is CCc1ocnc1C(=O)N(C)C1(C(=O)O)CCCCC1. The Morgan fingerprint density at radius 3 is 2.60 bits per heavy atom. The summed E-state index contributed by atoms with van der Waals surface area (Å²) < 4.78 is 5.16. The minimum absolute atomic E-state index is 0.223. The van der Waals surface area contributed by atoms with Gasteiger partial charge < -0.3 is 14.4 Å². The second-order valence-corrected chi connectivity index (χ2v) is 5.24. The number of nitrogens with zero attached hydrogens (tertiary/aromatic N) is 2. The van der Waals surface area contributed by atoms with Crippen LogP contribution in [0.1, 0.15) is 55.3 Å². The summed E-state index contributed by atoms with van der Waals surface area (Å²) in [5, 5.41) is 9.59. The van der Waals surface area contributed by atoms with Gasteiger partial charge in [-0.05, 0) is 12.8 Å². The molecule has 2 rings (SSSR count). The van der Waals surface area contributed by atoms with E-state index in [4.69, 9.17) is 4.42 Å². The molecule has 0 aromatic carbocycles. The summed E-state index contributed by atoms with van der Waals surface area (Å²) in [6, 6.07) is 0. The predicted molar refractivity (Wildman–Crippen MR) is 71.4 cm³/mol. The topological polar surface area (TPSA) is 83.6 Å². The van der Waals surface area contributed by atoms with Crippen molar-refractivity contribution in [2.45, 2.75) is 51.0 Å². The number of amides is 1. The molecular weight excluding hydrogens is 260 g/mol. The Labute approximate surface area is 117 Å². The number of carbonyl (C=O) groups is 2. The molecule has 1 aromatic rings. The minimum atomic E-state index is -1.11. The number of hydrogen-bond donors (Lipinski definition) is 1. The molecule has 1 amide bonds. The summed E-state index contributed by atoms with van der Waals surface area (Å²) in [7, 11) is 1.55. The smallest absolute Gasteiger partial charge is 0.329 e.